The quantitative estimate of drug-likeness (QED) is 0.351. The Kier molecular flexibility index (Phi) is 9.53. The summed E-state index contributed by atoms with van der Waals surface area (Å²) < 4.78 is 40.7. The summed E-state index contributed by atoms with van der Waals surface area (Å²) in [5.41, 5.74) is 2.43. The molecule has 0 spiro atoms. The van der Waals surface area contributed by atoms with Gasteiger partial charge in [-0.1, -0.05) is 19.3 Å². The molecule has 2 fully saturated rings. The number of methoxy groups -OCH3 is 1. The molecule has 0 aliphatic heterocycles. The van der Waals surface area contributed by atoms with E-state index in [0.717, 1.165) is 25.7 Å². The normalized spacial score (nSPS) is 21.9. The fourth-order valence-corrected chi connectivity index (χ4v) is 7.18. The zero-order valence-corrected chi connectivity index (χ0v) is 22.1. The minimum Gasteiger partial charge on any atom is -0.497 e. The van der Waals surface area contributed by atoms with Crippen LogP contribution in [0.15, 0.2) is 53.7 Å². The number of hydrogen-bond donors (Lipinski definition) is 2. The molecule has 202 valence electrons. The molecule has 0 bridgehead atoms. The van der Waals surface area contributed by atoms with Crippen LogP contribution in [0.5, 0.6) is 5.75 Å². The molecular formula is C27H37N3O6S. The number of carbonyl (C=O) groups is 1. The van der Waals surface area contributed by atoms with E-state index in [4.69, 9.17) is 9.47 Å². The Balaban J connectivity index is 1.59. The van der Waals surface area contributed by atoms with Gasteiger partial charge in [0.15, 0.2) is 0 Å². The number of benzene rings is 1. The van der Waals surface area contributed by atoms with E-state index >= 15 is 0 Å². The van der Waals surface area contributed by atoms with Crippen LogP contribution in [-0.2, 0) is 26.1 Å². The number of nitrogens with one attached hydrogen (secondary N) is 1. The standard InChI is InChI=1S/C27H37N3O6S/c1-35-22-11-13-25(14-12-22)37(33,34)30(19-20-15-17-28-18-16-20)26(27(31)29-32)21-7-9-24(10-8-21)36-23-5-3-2-4-6-23/h11-18,21,23-24,26,32H,2-10,19H2,1H3,(H,29,31). The Morgan fingerprint density at radius 1 is 1.00 bits per heavy atom. The summed E-state index contributed by atoms with van der Waals surface area (Å²) in [5.74, 6) is -0.475. The molecule has 37 heavy (non-hydrogen) atoms. The van der Waals surface area contributed by atoms with Crippen LogP contribution in [0.1, 0.15) is 63.4 Å². The molecule has 9 nitrogen and oxygen atoms in total. The second-order valence-corrected chi connectivity index (χ2v) is 11.8. The van der Waals surface area contributed by atoms with Gasteiger partial charge in [0.1, 0.15) is 11.8 Å². The summed E-state index contributed by atoms with van der Waals surface area (Å²) in [7, 11) is -2.60. The molecule has 1 unspecified atom stereocenters. The predicted molar refractivity (Wildman–Crippen MR) is 137 cm³/mol. The monoisotopic (exact) mass is 531 g/mol. The van der Waals surface area contributed by atoms with E-state index in [1.165, 1.54) is 42.8 Å². The second kappa shape index (κ2) is 12.8. The maximum absolute atomic E-state index is 14.0. The van der Waals surface area contributed by atoms with E-state index in [1.54, 1.807) is 42.1 Å². The Hall–Kier alpha value is -2.53. The van der Waals surface area contributed by atoms with Crippen molar-refractivity contribution in [2.24, 2.45) is 5.92 Å². The highest BCUT2D eigenvalue weighted by Gasteiger charge is 2.42. The van der Waals surface area contributed by atoms with Crippen molar-refractivity contribution in [2.75, 3.05) is 7.11 Å². The minimum absolute atomic E-state index is 0.0343. The van der Waals surface area contributed by atoms with Gasteiger partial charge in [-0.2, -0.15) is 4.31 Å². The summed E-state index contributed by atoms with van der Waals surface area (Å²) in [6.07, 6.45) is 12.2. The van der Waals surface area contributed by atoms with E-state index in [0.29, 0.717) is 30.3 Å². The SMILES string of the molecule is COc1ccc(S(=O)(=O)N(Cc2ccncc2)C(C(=O)NO)C2CCC(OC3CCCCC3)CC2)cc1. The third-order valence-electron chi connectivity index (χ3n) is 7.55. The van der Waals surface area contributed by atoms with Gasteiger partial charge in [-0.05, 0) is 86.4 Å². The molecule has 10 heteroatoms. The number of carbonyl (C=O) groups excluding carboxylic acids is 1. The first-order valence-corrected chi connectivity index (χ1v) is 14.5. The number of rotatable bonds is 10. The van der Waals surface area contributed by atoms with Crippen LogP contribution in [0.2, 0.25) is 0 Å². The van der Waals surface area contributed by atoms with Crippen molar-refractivity contribution in [3.05, 3.63) is 54.4 Å². The summed E-state index contributed by atoms with van der Waals surface area (Å²) in [6, 6.07) is 8.45. The lowest BCUT2D eigenvalue weighted by molar-refractivity contribution is -0.136. The van der Waals surface area contributed by atoms with Crippen LogP contribution in [0.3, 0.4) is 0 Å². The molecule has 1 atom stereocenters. The van der Waals surface area contributed by atoms with Gasteiger partial charge in [-0.3, -0.25) is 15.0 Å². The first-order valence-electron chi connectivity index (χ1n) is 13.1. The Labute approximate surface area is 219 Å². The Bertz CT molecular complexity index is 1100. The van der Waals surface area contributed by atoms with Crippen LogP contribution in [-0.4, -0.2) is 54.2 Å². The number of amides is 1. The molecule has 2 aliphatic rings. The number of ether oxygens (including phenoxy) is 2. The number of aromatic nitrogens is 1. The Morgan fingerprint density at radius 2 is 1.62 bits per heavy atom. The molecule has 2 aliphatic carbocycles. The molecule has 0 radical (unpaired) electrons. The lowest BCUT2D eigenvalue weighted by atomic mass is 9.81. The molecule has 2 aromatic rings. The van der Waals surface area contributed by atoms with E-state index in [1.807, 2.05) is 0 Å². The van der Waals surface area contributed by atoms with Gasteiger partial charge >= 0.3 is 0 Å². The van der Waals surface area contributed by atoms with Gasteiger partial charge in [-0.25, -0.2) is 13.9 Å². The van der Waals surface area contributed by atoms with Gasteiger partial charge in [-0.15, -0.1) is 0 Å². The number of hydroxylamine groups is 1. The van der Waals surface area contributed by atoms with Gasteiger partial charge in [0.2, 0.25) is 10.0 Å². The van der Waals surface area contributed by atoms with E-state index < -0.39 is 22.0 Å². The van der Waals surface area contributed by atoms with Gasteiger partial charge < -0.3 is 9.47 Å². The van der Waals surface area contributed by atoms with E-state index in [-0.39, 0.29) is 23.5 Å². The van der Waals surface area contributed by atoms with E-state index in [9.17, 15) is 18.4 Å². The molecule has 2 saturated carbocycles. The van der Waals surface area contributed by atoms with Crippen molar-refractivity contribution in [3.8, 4) is 5.75 Å². The van der Waals surface area contributed by atoms with Crippen LogP contribution in [0, 0.1) is 5.92 Å². The Morgan fingerprint density at radius 3 is 2.22 bits per heavy atom. The lowest BCUT2D eigenvalue weighted by Crippen LogP contribution is -2.53. The average Bonchev–Trinajstić information content (AvgIpc) is 2.94. The van der Waals surface area contributed by atoms with Crippen molar-refractivity contribution in [3.63, 3.8) is 0 Å². The zero-order chi connectivity index (χ0) is 26.3. The lowest BCUT2D eigenvalue weighted by Gasteiger charge is -2.39. The van der Waals surface area contributed by atoms with Crippen LogP contribution >= 0.6 is 0 Å². The predicted octanol–water partition coefficient (Wildman–Crippen LogP) is 4.06. The fraction of sp³-hybridized carbons (Fsp3) is 0.556. The highest BCUT2D eigenvalue weighted by Crippen LogP contribution is 2.36. The molecule has 1 aromatic carbocycles. The third-order valence-corrected chi connectivity index (χ3v) is 9.39. The maximum Gasteiger partial charge on any atom is 0.262 e. The highest BCUT2D eigenvalue weighted by atomic mass is 32.2. The first kappa shape index (κ1) is 27.5. The molecule has 1 amide bonds. The average molecular weight is 532 g/mol. The van der Waals surface area contributed by atoms with Crippen LogP contribution in [0.25, 0.3) is 0 Å². The second-order valence-electron chi connectivity index (χ2n) is 9.94. The van der Waals surface area contributed by atoms with Crippen molar-refractivity contribution >= 4 is 15.9 Å². The fourth-order valence-electron chi connectivity index (χ4n) is 5.54. The first-order chi connectivity index (χ1) is 17.9. The maximum atomic E-state index is 14.0. The van der Waals surface area contributed by atoms with Crippen LogP contribution < -0.4 is 10.2 Å². The molecular weight excluding hydrogens is 494 g/mol. The topological polar surface area (TPSA) is 118 Å². The highest BCUT2D eigenvalue weighted by molar-refractivity contribution is 7.89. The van der Waals surface area contributed by atoms with Gasteiger partial charge in [0.25, 0.3) is 5.91 Å². The van der Waals surface area contributed by atoms with Crippen molar-refractivity contribution in [1.29, 1.82) is 0 Å². The van der Waals surface area contributed by atoms with E-state index in [2.05, 4.69) is 4.98 Å². The smallest absolute Gasteiger partial charge is 0.262 e. The summed E-state index contributed by atoms with van der Waals surface area (Å²) in [6.45, 7) is -0.0343. The molecule has 4 rings (SSSR count). The van der Waals surface area contributed by atoms with Gasteiger partial charge in [0, 0.05) is 18.9 Å². The number of nitrogens with zero attached hydrogens (tertiary/aromatic N) is 2. The van der Waals surface area contributed by atoms with Gasteiger partial charge in [0.05, 0.1) is 24.2 Å². The summed E-state index contributed by atoms with van der Waals surface area (Å²) in [4.78, 5) is 17.2. The number of hydrogen-bond acceptors (Lipinski definition) is 7. The van der Waals surface area contributed by atoms with Crippen molar-refractivity contribution < 1.29 is 27.9 Å². The largest absolute Gasteiger partial charge is 0.497 e. The minimum atomic E-state index is -4.11. The third kappa shape index (κ3) is 6.87. The number of pyridine rings is 1. The molecule has 2 N–H and O–H groups in total. The number of sulfonamides is 1. The zero-order valence-electron chi connectivity index (χ0n) is 21.3. The summed E-state index contributed by atoms with van der Waals surface area (Å²) in [5, 5.41) is 9.65. The van der Waals surface area contributed by atoms with Crippen LogP contribution in [0.4, 0.5) is 0 Å². The van der Waals surface area contributed by atoms with Crippen molar-refractivity contribution in [1.82, 2.24) is 14.8 Å². The molecule has 0 saturated heterocycles. The van der Waals surface area contributed by atoms with Crippen molar-refractivity contribution in [2.45, 2.75) is 87.5 Å². The summed E-state index contributed by atoms with van der Waals surface area (Å²) >= 11 is 0. The molecule has 1 heterocycles. The molecule has 1 aromatic heterocycles.